The first-order valence-electron chi connectivity index (χ1n) is 6.74. The molecule has 1 aliphatic rings. The summed E-state index contributed by atoms with van der Waals surface area (Å²) in [6.45, 7) is 4.97. The molecule has 1 fully saturated rings. The number of aromatic hydroxyl groups is 1. The molecule has 0 aliphatic carbocycles. The Bertz CT molecular complexity index is 516. The number of phenolic OH excluding ortho intramolecular Hbond substituents is 1. The number of amides is 1. The first-order chi connectivity index (χ1) is 9.28. The lowest BCUT2D eigenvalue weighted by Crippen LogP contribution is -2.37. The summed E-state index contributed by atoms with van der Waals surface area (Å²) in [5.41, 5.74) is 0.0357. The minimum Gasteiger partial charge on any atom is -0.505 e. The van der Waals surface area contributed by atoms with Gasteiger partial charge >= 0.3 is 0 Å². The third-order valence-electron chi connectivity index (χ3n) is 3.62. The molecular weight excluding hydrogens is 261 g/mol. The highest BCUT2D eigenvalue weighted by atomic mass is 19.1. The normalized spacial score (nSPS) is 22.4. The monoisotopic (exact) mass is 281 g/mol. The summed E-state index contributed by atoms with van der Waals surface area (Å²) < 4.78 is 13.3. The molecule has 1 atom stereocenters. The Hall–Kier alpha value is -1.62. The molecule has 1 aromatic rings. The van der Waals surface area contributed by atoms with Crippen LogP contribution in [0.2, 0.25) is 0 Å². The van der Waals surface area contributed by atoms with E-state index in [9.17, 15) is 14.3 Å². The molecule has 0 bridgehead atoms. The summed E-state index contributed by atoms with van der Waals surface area (Å²) in [7, 11) is 0. The Morgan fingerprint density at radius 3 is 2.80 bits per heavy atom. The van der Waals surface area contributed by atoms with Crippen LogP contribution in [0.5, 0.6) is 5.75 Å². The molecule has 2 rings (SSSR count). The smallest absolute Gasteiger partial charge is 0.253 e. The molecule has 5 heteroatoms. The van der Waals surface area contributed by atoms with Gasteiger partial charge in [0.1, 0.15) is 0 Å². The zero-order chi connectivity index (χ0) is 14.9. The zero-order valence-electron chi connectivity index (χ0n) is 11.8. The van der Waals surface area contributed by atoms with Gasteiger partial charge < -0.3 is 15.1 Å². The SMILES string of the molecule is CC1(C)CC(O)CCN(C(=O)c2ccc(O)c(F)c2)C1. The van der Waals surface area contributed by atoms with Gasteiger partial charge in [0.25, 0.3) is 5.91 Å². The largest absolute Gasteiger partial charge is 0.505 e. The van der Waals surface area contributed by atoms with E-state index in [1.165, 1.54) is 12.1 Å². The van der Waals surface area contributed by atoms with Crippen molar-refractivity contribution in [2.45, 2.75) is 32.8 Å². The van der Waals surface area contributed by atoms with E-state index in [0.717, 1.165) is 6.07 Å². The van der Waals surface area contributed by atoms with E-state index < -0.39 is 17.7 Å². The molecule has 1 heterocycles. The van der Waals surface area contributed by atoms with E-state index in [0.29, 0.717) is 25.9 Å². The molecule has 1 amide bonds. The first-order valence-corrected chi connectivity index (χ1v) is 6.74. The first kappa shape index (κ1) is 14.8. The molecule has 1 saturated heterocycles. The predicted octanol–water partition coefficient (Wildman–Crippen LogP) is 2.15. The fourth-order valence-electron chi connectivity index (χ4n) is 2.70. The molecule has 1 aromatic carbocycles. The summed E-state index contributed by atoms with van der Waals surface area (Å²) in [6, 6.07) is 3.64. The van der Waals surface area contributed by atoms with Crippen LogP contribution in [-0.2, 0) is 0 Å². The zero-order valence-corrected chi connectivity index (χ0v) is 11.8. The Kier molecular flexibility index (Phi) is 3.99. The van der Waals surface area contributed by atoms with Gasteiger partial charge in [0.15, 0.2) is 11.6 Å². The van der Waals surface area contributed by atoms with Crippen LogP contribution in [-0.4, -0.2) is 40.2 Å². The molecule has 0 aromatic heterocycles. The molecule has 4 nitrogen and oxygen atoms in total. The number of carbonyl (C=O) groups is 1. The lowest BCUT2D eigenvalue weighted by atomic mass is 9.87. The number of aliphatic hydroxyl groups excluding tert-OH is 1. The number of nitrogens with zero attached hydrogens (tertiary/aromatic N) is 1. The third-order valence-corrected chi connectivity index (χ3v) is 3.62. The Morgan fingerprint density at radius 1 is 1.45 bits per heavy atom. The summed E-state index contributed by atoms with van der Waals surface area (Å²) in [4.78, 5) is 14.0. The van der Waals surface area contributed by atoms with Crippen molar-refractivity contribution in [1.29, 1.82) is 0 Å². The number of aliphatic hydroxyl groups is 1. The topological polar surface area (TPSA) is 60.8 Å². The van der Waals surface area contributed by atoms with Gasteiger partial charge in [-0.3, -0.25) is 4.79 Å². The molecule has 20 heavy (non-hydrogen) atoms. The molecular formula is C15H20FNO3. The number of hydrogen-bond acceptors (Lipinski definition) is 3. The summed E-state index contributed by atoms with van der Waals surface area (Å²) in [5, 5.41) is 19.0. The average Bonchev–Trinajstić information content (AvgIpc) is 2.49. The summed E-state index contributed by atoms with van der Waals surface area (Å²) >= 11 is 0. The van der Waals surface area contributed by atoms with Crippen molar-refractivity contribution in [3.63, 3.8) is 0 Å². The summed E-state index contributed by atoms with van der Waals surface area (Å²) in [5.74, 6) is -1.54. The van der Waals surface area contributed by atoms with E-state index >= 15 is 0 Å². The van der Waals surface area contributed by atoms with Gasteiger partial charge in [-0.1, -0.05) is 13.8 Å². The van der Waals surface area contributed by atoms with Gasteiger partial charge in [-0.05, 0) is 36.5 Å². The van der Waals surface area contributed by atoms with Crippen LogP contribution >= 0.6 is 0 Å². The van der Waals surface area contributed by atoms with Crippen LogP contribution in [0.1, 0.15) is 37.0 Å². The van der Waals surface area contributed by atoms with Crippen molar-refractivity contribution in [3.8, 4) is 5.75 Å². The summed E-state index contributed by atoms with van der Waals surface area (Å²) in [6.07, 6.45) is 0.746. The quantitative estimate of drug-likeness (QED) is 0.829. The maximum absolute atomic E-state index is 13.3. The number of halogens is 1. The molecule has 0 spiro atoms. The fourth-order valence-corrected chi connectivity index (χ4v) is 2.70. The number of carbonyl (C=O) groups excluding carboxylic acids is 1. The van der Waals surface area contributed by atoms with Crippen LogP contribution in [0.4, 0.5) is 4.39 Å². The van der Waals surface area contributed by atoms with E-state index in [4.69, 9.17) is 5.11 Å². The number of hydrogen-bond donors (Lipinski definition) is 2. The predicted molar refractivity (Wildman–Crippen MR) is 73.0 cm³/mol. The number of likely N-dealkylation sites (tertiary alicyclic amines) is 1. The molecule has 0 saturated carbocycles. The van der Waals surface area contributed by atoms with Gasteiger partial charge in [-0.2, -0.15) is 0 Å². The minimum absolute atomic E-state index is 0.180. The lowest BCUT2D eigenvalue weighted by molar-refractivity contribution is 0.0704. The Labute approximate surface area is 117 Å². The number of phenols is 1. The molecule has 2 N–H and O–H groups in total. The van der Waals surface area contributed by atoms with Crippen molar-refractivity contribution in [2.75, 3.05) is 13.1 Å². The molecule has 1 unspecified atom stereocenters. The van der Waals surface area contributed by atoms with E-state index in [1.807, 2.05) is 13.8 Å². The van der Waals surface area contributed by atoms with Gasteiger partial charge in [-0.15, -0.1) is 0 Å². The van der Waals surface area contributed by atoms with Crippen molar-refractivity contribution >= 4 is 5.91 Å². The van der Waals surface area contributed by atoms with Crippen LogP contribution in [0.3, 0.4) is 0 Å². The second-order valence-corrected chi connectivity index (χ2v) is 6.20. The fraction of sp³-hybridized carbons (Fsp3) is 0.533. The van der Waals surface area contributed by atoms with Gasteiger partial charge in [-0.25, -0.2) is 4.39 Å². The highest BCUT2D eigenvalue weighted by molar-refractivity contribution is 5.94. The van der Waals surface area contributed by atoms with Crippen LogP contribution in [0.25, 0.3) is 0 Å². The van der Waals surface area contributed by atoms with E-state index in [1.54, 1.807) is 4.90 Å². The van der Waals surface area contributed by atoms with Crippen LogP contribution < -0.4 is 0 Å². The van der Waals surface area contributed by atoms with E-state index in [-0.39, 0.29) is 16.9 Å². The van der Waals surface area contributed by atoms with Crippen LogP contribution in [0, 0.1) is 11.2 Å². The van der Waals surface area contributed by atoms with Crippen molar-refractivity contribution in [1.82, 2.24) is 4.90 Å². The van der Waals surface area contributed by atoms with E-state index in [2.05, 4.69) is 0 Å². The standard InChI is InChI=1S/C15H20FNO3/c1-15(2)8-11(18)5-6-17(9-15)14(20)10-3-4-13(19)12(16)7-10/h3-4,7,11,18-19H,5-6,8-9H2,1-2H3. The molecule has 1 aliphatic heterocycles. The van der Waals surface area contributed by atoms with Gasteiger partial charge in [0.05, 0.1) is 6.10 Å². The second kappa shape index (κ2) is 5.40. The molecule has 110 valence electrons. The number of benzene rings is 1. The highest BCUT2D eigenvalue weighted by Gasteiger charge is 2.31. The van der Waals surface area contributed by atoms with Crippen LogP contribution in [0.15, 0.2) is 18.2 Å². The van der Waals surface area contributed by atoms with Gasteiger partial charge in [0.2, 0.25) is 0 Å². The van der Waals surface area contributed by atoms with Crippen molar-refractivity contribution < 1.29 is 19.4 Å². The lowest BCUT2D eigenvalue weighted by Gasteiger charge is -2.29. The minimum atomic E-state index is -0.801. The Morgan fingerprint density at radius 2 is 2.15 bits per heavy atom. The van der Waals surface area contributed by atoms with Crippen molar-refractivity contribution in [2.24, 2.45) is 5.41 Å². The van der Waals surface area contributed by atoms with Gasteiger partial charge in [0, 0.05) is 18.7 Å². The highest BCUT2D eigenvalue weighted by Crippen LogP contribution is 2.29. The maximum Gasteiger partial charge on any atom is 0.253 e. The van der Waals surface area contributed by atoms with Crippen molar-refractivity contribution in [3.05, 3.63) is 29.6 Å². The third kappa shape index (κ3) is 3.28. The maximum atomic E-state index is 13.3. The molecule has 0 radical (unpaired) electrons. The second-order valence-electron chi connectivity index (χ2n) is 6.20. The Balaban J connectivity index is 2.21. The average molecular weight is 281 g/mol. The number of rotatable bonds is 1.